The van der Waals surface area contributed by atoms with E-state index in [4.69, 9.17) is 18.9 Å². The average Bonchev–Trinajstić information content (AvgIpc) is 3.16. The highest BCUT2D eigenvalue weighted by molar-refractivity contribution is 6.03. The first kappa shape index (κ1) is 48.3. The van der Waals surface area contributed by atoms with E-state index in [0.717, 1.165) is 102 Å². The maximum atomic E-state index is 12.4. The van der Waals surface area contributed by atoms with Gasteiger partial charge in [-0.2, -0.15) is 0 Å². The minimum Gasteiger partial charge on any atom is -0.462 e. The van der Waals surface area contributed by atoms with Gasteiger partial charge < -0.3 is 18.9 Å². The molecule has 0 N–H and O–H groups in total. The summed E-state index contributed by atoms with van der Waals surface area (Å²) in [5.41, 5.74) is 1.15. The normalized spacial score (nSPS) is 10.8. The standard InChI is InChI=1S/C26H42O4.C20H30O4/c1-21(2)15-9-5-7-13-19-29-25(27)23-17-11-12-18-24(23)26(28)30-20-14-8-6-10-16-22(3)4;1-3-5-7-11-15-23-19(21)17-13-9-10-14-18(17)20(22)24-16-12-8-6-4-2/h11-12,17-18,21-22H,5-10,13-16,19-20H2,1-4H3;9-10,13-14H,3-8,11-12,15-16H2,1-2H3. The molecule has 0 spiro atoms. The summed E-state index contributed by atoms with van der Waals surface area (Å²) >= 11 is 0. The van der Waals surface area contributed by atoms with Crippen LogP contribution in [0.3, 0.4) is 0 Å². The van der Waals surface area contributed by atoms with E-state index in [2.05, 4.69) is 41.5 Å². The summed E-state index contributed by atoms with van der Waals surface area (Å²) < 4.78 is 21.3. The first-order valence-electron chi connectivity index (χ1n) is 21.0. The lowest BCUT2D eigenvalue weighted by molar-refractivity contribution is 0.0450. The fraction of sp³-hybridized carbons (Fsp3) is 0.652. The highest BCUT2D eigenvalue weighted by Gasteiger charge is 2.20. The second-order valence-corrected chi connectivity index (χ2v) is 14.9. The molecule has 0 heterocycles. The number of hydrogen-bond donors (Lipinski definition) is 0. The van der Waals surface area contributed by atoms with E-state index in [1.54, 1.807) is 48.5 Å². The van der Waals surface area contributed by atoms with Crippen molar-refractivity contribution in [2.24, 2.45) is 11.8 Å². The van der Waals surface area contributed by atoms with Gasteiger partial charge >= 0.3 is 23.9 Å². The molecule has 0 amide bonds. The fourth-order valence-corrected chi connectivity index (χ4v) is 5.72. The molecule has 0 fully saturated rings. The van der Waals surface area contributed by atoms with Crippen LogP contribution in [-0.2, 0) is 18.9 Å². The zero-order valence-corrected chi connectivity index (χ0v) is 34.6. The molecule has 2 rings (SSSR count). The van der Waals surface area contributed by atoms with Gasteiger partial charge in [0.2, 0.25) is 0 Å². The van der Waals surface area contributed by atoms with Crippen molar-refractivity contribution < 1.29 is 38.1 Å². The van der Waals surface area contributed by atoms with Crippen LogP contribution in [0.1, 0.15) is 199 Å². The Labute approximate surface area is 327 Å². The van der Waals surface area contributed by atoms with Crippen molar-refractivity contribution in [2.75, 3.05) is 26.4 Å². The molecule has 54 heavy (non-hydrogen) atoms. The summed E-state index contributed by atoms with van der Waals surface area (Å²) in [7, 11) is 0. The Kier molecular flexibility index (Phi) is 28.3. The van der Waals surface area contributed by atoms with E-state index in [9.17, 15) is 19.2 Å². The van der Waals surface area contributed by atoms with Crippen molar-refractivity contribution in [1.82, 2.24) is 0 Å². The molecule has 0 saturated heterocycles. The van der Waals surface area contributed by atoms with Gasteiger partial charge in [-0.3, -0.25) is 0 Å². The fourth-order valence-electron chi connectivity index (χ4n) is 5.72. The largest absolute Gasteiger partial charge is 0.462 e. The van der Waals surface area contributed by atoms with Crippen molar-refractivity contribution >= 4 is 23.9 Å². The van der Waals surface area contributed by atoms with Gasteiger partial charge in [0.1, 0.15) is 0 Å². The van der Waals surface area contributed by atoms with Crippen molar-refractivity contribution in [3.8, 4) is 0 Å². The topological polar surface area (TPSA) is 105 Å². The number of carbonyl (C=O) groups excluding carboxylic acids is 4. The number of ether oxygens (including phenoxy) is 4. The summed E-state index contributed by atoms with van der Waals surface area (Å²) in [6, 6.07) is 13.4. The summed E-state index contributed by atoms with van der Waals surface area (Å²) in [5.74, 6) is -0.320. The molecule has 0 aromatic heterocycles. The third-order valence-electron chi connectivity index (χ3n) is 9.01. The molecule has 0 saturated carbocycles. The molecular weight excluding hydrogens is 680 g/mol. The summed E-state index contributed by atoms with van der Waals surface area (Å²) in [4.78, 5) is 49.2. The highest BCUT2D eigenvalue weighted by Crippen LogP contribution is 2.16. The Morgan fingerprint density at radius 1 is 0.389 bits per heavy atom. The zero-order chi connectivity index (χ0) is 39.8. The smallest absolute Gasteiger partial charge is 0.339 e. The van der Waals surface area contributed by atoms with Crippen molar-refractivity contribution in [3.05, 3.63) is 70.8 Å². The number of benzene rings is 2. The third-order valence-corrected chi connectivity index (χ3v) is 9.01. The summed E-state index contributed by atoms with van der Waals surface area (Å²) in [6.07, 6.45) is 19.4. The molecule has 0 radical (unpaired) electrons. The number of rotatable bonds is 28. The van der Waals surface area contributed by atoms with Crippen LogP contribution in [0, 0.1) is 11.8 Å². The third kappa shape index (κ3) is 23.2. The predicted octanol–water partition coefficient (Wildman–Crippen LogP) is 12.4. The van der Waals surface area contributed by atoms with E-state index in [-0.39, 0.29) is 11.1 Å². The Morgan fingerprint density at radius 3 is 0.870 bits per heavy atom. The Bertz CT molecular complexity index is 1200. The number of esters is 4. The van der Waals surface area contributed by atoms with E-state index >= 15 is 0 Å². The molecule has 0 atom stereocenters. The maximum Gasteiger partial charge on any atom is 0.339 e. The van der Waals surface area contributed by atoms with Gasteiger partial charge in [0.05, 0.1) is 48.7 Å². The Hall–Kier alpha value is -3.68. The lowest BCUT2D eigenvalue weighted by Crippen LogP contribution is -2.15. The van der Waals surface area contributed by atoms with Crippen LogP contribution >= 0.6 is 0 Å². The van der Waals surface area contributed by atoms with Crippen LogP contribution in [0.15, 0.2) is 48.5 Å². The molecule has 8 heteroatoms. The van der Waals surface area contributed by atoms with Crippen molar-refractivity contribution in [3.63, 3.8) is 0 Å². The molecule has 0 bridgehead atoms. The van der Waals surface area contributed by atoms with Crippen molar-refractivity contribution in [1.29, 1.82) is 0 Å². The SMILES string of the molecule is CC(C)CCCCCCOC(=O)c1ccccc1C(=O)OCCCCCCC(C)C.CCCCCCOC(=O)c1ccccc1C(=O)OCCCCCC. The van der Waals surface area contributed by atoms with E-state index < -0.39 is 23.9 Å². The molecule has 0 aliphatic rings. The molecule has 2 aromatic carbocycles. The van der Waals surface area contributed by atoms with Crippen LogP contribution < -0.4 is 0 Å². The van der Waals surface area contributed by atoms with Gasteiger partial charge in [-0.1, -0.05) is 156 Å². The molecule has 0 unspecified atom stereocenters. The van der Waals surface area contributed by atoms with Crippen LogP contribution in [0.25, 0.3) is 0 Å². The van der Waals surface area contributed by atoms with Gasteiger partial charge in [0.15, 0.2) is 0 Å². The second-order valence-electron chi connectivity index (χ2n) is 14.9. The first-order chi connectivity index (χ1) is 26.1. The number of carbonyl (C=O) groups is 4. The van der Waals surface area contributed by atoms with Gasteiger partial charge in [-0.05, 0) is 61.8 Å². The van der Waals surface area contributed by atoms with E-state index in [0.29, 0.717) is 37.6 Å². The predicted molar refractivity (Wildman–Crippen MR) is 218 cm³/mol. The molecular formula is C46H72O8. The lowest BCUT2D eigenvalue weighted by Gasteiger charge is -2.10. The summed E-state index contributed by atoms with van der Waals surface area (Å²) in [5, 5.41) is 0. The average molecular weight is 753 g/mol. The maximum absolute atomic E-state index is 12.4. The zero-order valence-electron chi connectivity index (χ0n) is 34.6. The molecule has 0 aliphatic carbocycles. The molecule has 2 aromatic rings. The monoisotopic (exact) mass is 753 g/mol. The van der Waals surface area contributed by atoms with E-state index in [1.165, 1.54) is 25.7 Å². The van der Waals surface area contributed by atoms with Crippen LogP contribution in [-0.4, -0.2) is 50.3 Å². The Morgan fingerprint density at radius 2 is 0.630 bits per heavy atom. The first-order valence-corrected chi connectivity index (χ1v) is 21.0. The number of unbranched alkanes of at least 4 members (excludes halogenated alkanes) is 12. The highest BCUT2D eigenvalue weighted by atomic mass is 16.5. The number of hydrogen-bond acceptors (Lipinski definition) is 8. The molecule has 0 aliphatic heterocycles. The van der Waals surface area contributed by atoms with Gasteiger partial charge in [-0.15, -0.1) is 0 Å². The van der Waals surface area contributed by atoms with Crippen LogP contribution in [0.2, 0.25) is 0 Å². The lowest BCUT2D eigenvalue weighted by atomic mass is 10.0. The Balaban J connectivity index is 0.000000553. The van der Waals surface area contributed by atoms with E-state index in [1.807, 2.05) is 0 Å². The molecule has 304 valence electrons. The van der Waals surface area contributed by atoms with Crippen LogP contribution in [0.4, 0.5) is 0 Å². The minimum atomic E-state index is -0.454. The van der Waals surface area contributed by atoms with Gasteiger partial charge in [-0.25, -0.2) is 19.2 Å². The minimum absolute atomic E-state index is 0.284. The van der Waals surface area contributed by atoms with Crippen LogP contribution in [0.5, 0.6) is 0 Å². The second kappa shape index (κ2) is 31.6. The summed E-state index contributed by atoms with van der Waals surface area (Å²) in [6.45, 7) is 14.8. The van der Waals surface area contributed by atoms with Crippen molar-refractivity contribution in [2.45, 2.75) is 157 Å². The van der Waals surface area contributed by atoms with Gasteiger partial charge in [0, 0.05) is 0 Å². The van der Waals surface area contributed by atoms with Gasteiger partial charge in [0.25, 0.3) is 0 Å². The molecule has 8 nitrogen and oxygen atoms in total. The quantitative estimate of drug-likeness (QED) is 0.0480.